The first-order chi connectivity index (χ1) is 9.61. The maximum absolute atomic E-state index is 4.58. The van der Waals surface area contributed by atoms with Crippen molar-refractivity contribution in [3.05, 3.63) is 18.1 Å². The van der Waals surface area contributed by atoms with E-state index in [2.05, 4.69) is 52.7 Å². The molecule has 1 aliphatic rings. The predicted molar refractivity (Wildman–Crippen MR) is 87.4 cm³/mol. The molecule has 4 nitrogen and oxygen atoms in total. The summed E-state index contributed by atoms with van der Waals surface area (Å²) in [7, 11) is 0. The molecule has 0 unspecified atom stereocenters. The Morgan fingerprint density at radius 3 is 2.85 bits per heavy atom. The minimum Gasteiger partial charge on any atom is -0.354 e. The van der Waals surface area contributed by atoms with E-state index in [1.165, 1.54) is 6.42 Å². The highest BCUT2D eigenvalue weighted by Gasteiger charge is 2.24. The van der Waals surface area contributed by atoms with Crippen LogP contribution in [0, 0.1) is 0 Å². The van der Waals surface area contributed by atoms with E-state index in [-0.39, 0.29) is 0 Å². The van der Waals surface area contributed by atoms with Gasteiger partial charge in [-0.25, -0.2) is 4.98 Å². The lowest BCUT2D eigenvalue weighted by Crippen LogP contribution is -2.28. The summed E-state index contributed by atoms with van der Waals surface area (Å²) in [6.07, 6.45) is 6.17. The van der Waals surface area contributed by atoms with Gasteiger partial charge in [-0.1, -0.05) is 20.8 Å². The fourth-order valence-corrected chi connectivity index (χ4v) is 3.35. The number of aromatic nitrogens is 2. The Balaban J connectivity index is 1.92. The molecule has 20 heavy (non-hydrogen) atoms. The number of hydrogen-bond donors (Lipinski definition) is 1. The van der Waals surface area contributed by atoms with E-state index >= 15 is 0 Å². The molecule has 1 saturated heterocycles. The van der Waals surface area contributed by atoms with Crippen molar-refractivity contribution in [3.8, 4) is 0 Å². The van der Waals surface area contributed by atoms with Gasteiger partial charge in [0.1, 0.15) is 5.82 Å². The lowest BCUT2D eigenvalue weighted by Gasteiger charge is -2.23. The molecule has 0 aromatic carbocycles. The molecule has 1 aromatic rings. The van der Waals surface area contributed by atoms with E-state index in [0.29, 0.717) is 4.75 Å². The Morgan fingerprint density at radius 2 is 2.15 bits per heavy atom. The second-order valence-corrected chi connectivity index (χ2v) is 7.69. The molecule has 1 aliphatic heterocycles. The second kappa shape index (κ2) is 7.27. The van der Waals surface area contributed by atoms with Crippen LogP contribution in [0.25, 0.3) is 0 Å². The summed E-state index contributed by atoms with van der Waals surface area (Å²) < 4.78 is 0.381. The molecular formula is C15H26N4S. The van der Waals surface area contributed by atoms with Crippen molar-refractivity contribution in [3.63, 3.8) is 0 Å². The van der Waals surface area contributed by atoms with Gasteiger partial charge in [0.2, 0.25) is 0 Å². The summed E-state index contributed by atoms with van der Waals surface area (Å²) in [5.74, 6) is 2.18. The number of nitrogens with zero attached hydrogens (tertiary/aromatic N) is 3. The van der Waals surface area contributed by atoms with Gasteiger partial charge >= 0.3 is 0 Å². The third-order valence-corrected chi connectivity index (χ3v) is 4.96. The Kier molecular flexibility index (Phi) is 5.66. The Hall–Kier alpha value is -0.810. The van der Waals surface area contributed by atoms with Gasteiger partial charge in [0.05, 0.1) is 18.1 Å². The topological polar surface area (TPSA) is 41.1 Å². The molecule has 1 N–H and O–H groups in total. The highest BCUT2D eigenvalue weighted by atomic mass is 32.2. The second-order valence-electron chi connectivity index (χ2n) is 5.89. The van der Waals surface area contributed by atoms with Gasteiger partial charge in [0.25, 0.3) is 0 Å². The van der Waals surface area contributed by atoms with Crippen LogP contribution in [0.2, 0.25) is 0 Å². The molecule has 0 saturated carbocycles. The van der Waals surface area contributed by atoms with E-state index in [0.717, 1.165) is 49.9 Å². The highest BCUT2D eigenvalue weighted by molar-refractivity contribution is 8.00. The molecule has 0 amide bonds. The van der Waals surface area contributed by atoms with Crippen molar-refractivity contribution in [1.82, 2.24) is 15.3 Å². The summed E-state index contributed by atoms with van der Waals surface area (Å²) in [4.78, 5) is 11.5. The standard InChI is InChI=1S/C15H26N4S/c1-4-6-16-10-13-11-18-14(12-17-13)19-7-5-15(2,3)20-9-8-19/h11-12,16H,4-10H2,1-3H3. The van der Waals surface area contributed by atoms with Crippen molar-refractivity contribution < 1.29 is 0 Å². The highest BCUT2D eigenvalue weighted by Crippen LogP contribution is 2.31. The van der Waals surface area contributed by atoms with Gasteiger partial charge in [-0.3, -0.25) is 4.98 Å². The van der Waals surface area contributed by atoms with Gasteiger partial charge in [-0.2, -0.15) is 11.8 Å². The molecule has 0 bridgehead atoms. The molecule has 1 aromatic heterocycles. The van der Waals surface area contributed by atoms with E-state index in [1.807, 2.05) is 12.4 Å². The lowest BCUT2D eigenvalue weighted by atomic mass is 10.1. The molecule has 112 valence electrons. The first kappa shape index (κ1) is 15.6. The summed E-state index contributed by atoms with van der Waals surface area (Å²) in [5.41, 5.74) is 1.02. The van der Waals surface area contributed by atoms with Crippen LogP contribution in [0.5, 0.6) is 0 Å². The predicted octanol–water partition coefficient (Wildman–Crippen LogP) is 2.70. The maximum Gasteiger partial charge on any atom is 0.147 e. The van der Waals surface area contributed by atoms with Crippen molar-refractivity contribution in [2.45, 2.75) is 44.9 Å². The average molecular weight is 294 g/mol. The molecule has 0 aliphatic carbocycles. The zero-order chi connectivity index (χ0) is 14.4. The fourth-order valence-electron chi connectivity index (χ4n) is 2.25. The van der Waals surface area contributed by atoms with Gasteiger partial charge in [-0.15, -0.1) is 0 Å². The SMILES string of the molecule is CCCNCc1cnc(N2CCSC(C)(C)CC2)cn1. The number of rotatable bonds is 5. The molecule has 2 rings (SSSR count). The van der Waals surface area contributed by atoms with E-state index in [1.54, 1.807) is 0 Å². The average Bonchev–Trinajstić information content (AvgIpc) is 2.61. The van der Waals surface area contributed by atoms with Crippen molar-refractivity contribution >= 4 is 17.6 Å². The normalized spacial score (nSPS) is 18.9. The Bertz CT molecular complexity index is 405. The van der Waals surface area contributed by atoms with Crippen LogP contribution in [0.4, 0.5) is 5.82 Å². The van der Waals surface area contributed by atoms with Crippen LogP contribution >= 0.6 is 11.8 Å². The minimum atomic E-state index is 0.381. The smallest absolute Gasteiger partial charge is 0.147 e. The number of nitrogens with one attached hydrogen (secondary N) is 1. The molecule has 0 atom stereocenters. The molecular weight excluding hydrogens is 268 g/mol. The summed E-state index contributed by atoms with van der Waals surface area (Å²) in [6, 6.07) is 0. The third-order valence-electron chi connectivity index (χ3n) is 3.59. The van der Waals surface area contributed by atoms with Gasteiger partial charge in [-0.05, 0) is 19.4 Å². The zero-order valence-corrected chi connectivity index (χ0v) is 13.7. The molecule has 0 radical (unpaired) electrons. The van der Waals surface area contributed by atoms with Crippen LogP contribution in [0.3, 0.4) is 0 Å². The monoisotopic (exact) mass is 294 g/mol. The van der Waals surface area contributed by atoms with Gasteiger partial charge in [0.15, 0.2) is 0 Å². The maximum atomic E-state index is 4.58. The molecule has 5 heteroatoms. The van der Waals surface area contributed by atoms with Crippen molar-refractivity contribution in [1.29, 1.82) is 0 Å². The fraction of sp³-hybridized carbons (Fsp3) is 0.733. The first-order valence-corrected chi connectivity index (χ1v) is 8.50. The van der Waals surface area contributed by atoms with E-state index < -0.39 is 0 Å². The molecule has 1 fully saturated rings. The van der Waals surface area contributed by atoms with Crippen LogP contribution in [0.1, 0.15) is 39.3 Å². The summed E-state index contributed by atoms with van der Waals surface area (Å²) in [6.45, 7) is 10.8. The van der Waals surface area contributed by atoms with Crippen LogP contribution in [0.15, 0.2) is 12.4 Å². The van der Waals surface area contributed by atoms with Crippen molar-refractivity contribution in [2.75, 3.05) is 30.3 Å². The number of anilines is 1. The number of thioether (sulfide) groups is 1. The Morgan fingerprint density at radius 1 is 1.30 bits per heavy atom. The van der Waals surface area contributed by atoms with Crippen molar-refractivity contribution in [2.24, 2.45) is 0 Å². The van der Waals surface area contributed by atoms with Crippen LogP contribution in [-0.4, -0.2) is 40.1 Å². The van der Waals surface area contributed by atoms with Crippen LogP contribution < -0.4 is 10.2 Å². The lowest BCUT2D eigenvalue weighted by molar-refractivity contribution is 0.632. The summed E-state index contributed by atoms with van der Waals surface area (Å²) in [5, 5.41) is 3.35. The van der Waals surface area contributed by atoms with Gasteiger partial charge < -0.3 is 10.2 Å². The zero-order valence-electron chi connectivity index (χ0n) is 12.9. The quantitative estimate of drug-likeness (QED) is 0.846. The van der Waals surface area contributed by atoms with Crippen LogP contribution in [-0.2, 0) is 6.54 Å². The minimum absolute atomic E-state index is 0.381. The Labute approximate surface area is 126 Å². The summed E-state index contributed by atoms with van der Waals surface area (Å²) >= 11 is 2.06. The van der Waals surface area contributed by atoms with E-state index in [9.17, 15) is 0 Å². The third kappa shape index (κ3) is 4.63. The number of hydrogen-bond acceptors (Lipinski definition) is 5. The van der Waals surface area contributed by atoms with Gasteiger partial charge in [0, 0.05) is 30.1 Å². The van der Waals surface area contributed by atoms with E-state index in [4.69, 9.17) is 0 Å². The largest absolute Gasteiger partial charge is 0.354 e. The molecule has 0 spiro atoms. The first-order valence-electron chi connectivity index (χ1n) is 7.51. The molecule has 2 heterocycles.